The molecule has 0 aromatic carbocycles. The van der Waals surface area contributed by atoms with Crippen molar-refractivity contribution in [1.29, 1.82) is 0 Å². The molecule has 20 heavy (non-hydrogen) atoms. The minimum absolute atomic E-state index is 0.0830. The van der Waals surface area contributed by atoms with Gasteiger partial charge in [0.2, 0.25) is 0 Å². The highest BCUT2D eigenvalue weighted by atomic mass is 16.1. The minimum Gasteiger partial charge on any atom is -0.281 e. The Bertz CT molecular complexity index is 677. The molecule has 0 amide bonds. The molecule has 2 aromatic heterocycles. The van der Waals surface area contributed by atoms with Crippen molar-refractivity contribution in [3.8, 4) is 5.69 Å². The molecule has 106 valence electrons. The SMILES string of the molecule is Cc1nn(C2CC2)cc1-n1cccc(CC(C)C)c1=O. The van der Waals surface area contributed by atoms with E-state index in [9.17, 15) is 4.79 Å². The molecule has 0 radical (unpaired) electrons. The van der Waals surface area contributed by atoms with Crippen LogP contribution >= 0.6 is 0 Å². The van der Waals surface area contributed by atoms with Crippen LogP contribution in [0.1, 0.15) is 44.0 Å². The van der Waals surface area contributed by atoms with Gasteiger partial charge < -0.3 is 0 Å². The van der Waals surface area contributed by atoms with Crippen LogP contribution in [-0.2, 0) is 6.42 Å². The average Bonchev–Trinajstić information content (AvgIpc) is 3.16. The second-order valence-electron chi connectivity index (χ2n) is 6.12. The number of hydrogen-bond acceptors (Lipinski definition) is 2. The van der Waals surface area contributed by atoms with Gasteiger partial charge in [0.15, 0.2) is 0 Å². The van der Waals surface area contributed by atoms with Crippen molar-refractivity contribution < 1.29 is 0 Å². The normalized spacial score (nSPS) is 15.0. The molecule has 0 aliphatic heterocycles. The van der Waals surface area contributed by atoms with Crippen molar-refractivity contribution >= 4 is 0 Å². The second-order valence-corrected chi connectivity index (χ2v) is 6.12. The van der Waals surface area contributed by atoms with E-state index in [1.54, 1.807) is 4.57 Å². The molecule has 4 nitrogen and oxygen atoms in total. The molecule has 1 fully saturated rings. The summed E-state index contributed by atoms with van der Waals surface area (Å²) in [5, 5.41) is 4.54. The van der Waals surface area contributed by atoms with Crippen molar-refractivity contribution in [2.45, 2.75) is 46.1 Å². The summed E-state index contributed by atoms with van der Waals surface area (Å²) in [6, 6.07) is 4.42. The summed E-state index contributed by atoms with van der Waals surface area (Å²) in [5.74, 6) is 0.480. The maximum atomic E-state index is 12.6. The molecule has 0 atom stereocenters. The van der Waals surface area contributed by atoms with E-state index in [2.05, 4.69) is 18.9 Å². The van der Waals surface area contributed by atoms with E-state index in [0.29, 0.717) is 12.0 Å². The largest absolute Gasteiger partial charge is 0.281 e. The predicted octanol–water partition coefficient (Wildman–Crippen LogP) is 2.88. The van der Waals surface area contributed by atoms with Gasteiger partial charge in [-0.3, -0.25) is 14.0 Å². The third kappa shape index (κ3) is 2.42. The van der Waals surface area contributed by atoms with Gasteiger partial charge in [-0.1, -0.05) is 19.9 Å². The van der Waals surface area contributed by atoms with Gasteiger partial charge in [-0.2, -0.15) is 5.10 Å². The average molecular weight is 271 g/mol. The summed E-state index contributed by atoms with van der Waals surface area (Å²) in [7, 11) is 0. The zero-order chi connectivity index (χ0) is 14.3. The van der Waals surface area contributed by atoms with Crippen molar-refractivity contribution in [1.82, 2.24) is 14.3 Å². The molecular weight excluding hydrogens is 250 g/mol. The van der Waals surface area contributed by atoms with Gasteiger partial charge in [-0.25, -0.2) is 0 Å². The van der Waals surface area contributed by atoms with Crippen LogP contribution in [-0.4, -0.2) is 14.3 Å². The maximum absolute atomic E-state index is 12.6. The fourth-order valence-electron chi connectivity index (χ4n) is 2.56. The number of aromatic nitrogens is 3. The molecule has 1 aliphatic carbocycles. The summed E-state index contributed by atoms with van der Waals surface area (Å²) >= 11 is 0. The van der Waals surface area contributed by atoms with Gasteiger partial charge in [-0.15, -0.1) is 0 Å². The number of rotatable bonds is 4. The van der Waals surface area contributed by atoms with Crippen molar-refractivity contribution in [2.75, 3.05) is 0 Å². The van der Waals surface area contributed by atoms with E-state index in [1.807, 2.05) is 36.1 Å². The van der Waals surface area contributed by atoms with Gasteiger partial charge in [0.25, 0.3) is 5.56 Å². The molecule has 0 bridgehead atoms. The lowest BCUT2D eigenvalue weighted by Crippen LogP contribution is -2.22. The van der Waals surface area contributed by atoms with Crippen molar-refractivity contribution in [3.05, 3.63) is 46.1 Å². The van der Waals surface area contributed by atoms with E-state index >= 15 is 0 Å². The van der Waals surface area contributed by atoms with Gasteiger partial charge in [0.05, 0.1) is 17.4 Å². The van der Waals surface area contributed by atoms with Crippen LogP contribution < -0.4 is 5.56 Å². The number of hydrogen-bond donors (Lipinski definition) is 0. The molecule has 0 unspecified atom stereocenters. The Balaban J connectivity index is 2.03. The Morgan fingerprint density at radius 1 is 1.40 bits per heavy atom. The standard InChI is InChI=1S/C16H21N3O/c1-11(2)9-13-5-4-8-18(16(13)20)15-10-19(14-6-7-14)17-12(15)3/h4-5,8,10-11,14H,6-7,9H2,1-3H3. The highest BCUT2D eigenvalue weighted by Crippen LogP contribution is 2.34. The molecule has 1 saturated carbocycles. The Kier molecular flexibility index (Phi) is 3.24. The second kappa shape index (κ2) is 4.93. The van der Waals surface area contributed by atoms with E-state index < -0.39 is 0 Å². The molecular formula is C16H21N3O. The zero-order valence-electron chi connectivity index (χ0n) is 12.3. The summed E-state index contributed by atoms with van der Waals surface area (Å²) < 4.78 is 3.74. The van der Waals surface area contributed by atoms with Gasteiger partial charge in [0, 0.05) is 18.0 Å². The minimum atomic E-state index is 0.0830. The first-order valence-corrected chi connectivity index (χ1v) is 7.33. The van der Waals surface area contributed by atoms with Crippen LogP contribution in [0.5, 0.6) is 0 Å². The number of pyridine rings is 1. The Morgan fingerprint density at radius 3 is 2.80 bits per heavy atom. The Morgan fingerprint density at radius 2 is 2.15 bits per heavy atom. The lowest BCUT2D eigenvalue weighted by molar-refractivity contribution is 0.635. The first-order valence-electron chi connectivity index (χ1n) is 7.33. The van der Waals surface area contributed by atoms with Crippen LogP contribution in [0.4, 0.5) is 0 Å². The molecule has 3 rings (SSSR count). The molecule has 0 saturated heterocycles. The van der Waals surface area contributed by atoms with Crippen molar-refractivity contribution in [2.24, 2.45) is 5.92 Å². The van der Waals surface area contributed by atoms with Crippen LogP contribution in [0, 0.1) is 12.8 Å². The lowest BCUT2D eigenvalue weighted by atomic mass is 10.0. The molecule has 0 N–H and O–H groups in total. The highest BCUT2D eigenvalue weighted by molar-refractivity contribution is 5.35. The summed E-state index contributed by atoms with van der Waals surface area (Å²) in [6.07, 6.45) is 7.06. The first kappa shape index (κ1) is 13.2. The van der Waals surface area contributed by atoms with Crippen LogP contribution in [0.25, 0.3) is 5.69 Å². The number of aryl methyl sites for hydroxylation is 1. The summed E-state index contributed by atoms with van der Waals surface area (Å²) in [5.41, 5.74) is 2.79. The number of nitrogens with zero attached hydrogens (tertiary/aromatic N) is 3. The molecule has 4 heteroatoms. The lowest BCUT2D eigenvalue weighted by Gasteiger charge is -2.08. The van der Waals surface area contributed by atoms with E-state index in [4.69, 9.17) is 0 Å². The van der Waals surface area contributed by atoms with E-state index in [0.717, 1.165) is 23.4 Å². The zero-order valence-corrected chi connectivity index (χ0v) is 12.3. The van der Waals surface area contributed by atoms with Crippen LogP contribution in [0.3, 0.4) is 0 Å². The van der Waals surface area contributed by atoms with Gasteiger partial charge in [-0.05, 0) is 38.2 Å². The van der Waals surface area contributed by atoms with E-state index in [-0.39, 0.29) is 5.56 Å². The highest BCUT2D eigenvalue weighted by Gasteiger charge is 2.25. The third-order valence-electron chi connectivity index (χ3n) is 3.73. The molecule has 2 aromatic rings. The van der Waals surface area contributed by atoms with Crippen LogP contribution in [0.15, 0.2) is 29.3 Å². The first-order chi connectivity index (χ1) is 9.56. The quantitative estimate of drug-likeness (QED) is 0.857. The molecule has 1 aliphatic rings. The van der Waals surface area contributed by atoms with Gasteiger partial charge in [0.1, 0.15) is 0 Å². The molecule has 0 spiro atoms. The van der Waals surface area contributed by atoms with Crippen molar-refractivity contribution in [3.63, 3.8) is 0 Å². The monoisotopic (exact) mass is 271 g/mol. The maximum Gasteiger partial charge on any atom is 0.258 e. The Hall–Kier alpha value is -1.84. The Labute approximate surface area is 119 Å². The fourth-order valence-corrected chi connectivity index (χ4v) is 2.56. The summed E-state index contributed by atoms with van der Waals surface area (Å²) in [6.45, 7) is 6.23. The summed E-state index contributed by atoms with van der Waals surface area (Å²) in [4.78, 5) is 12.6. The fraction of sp³-hybridized carbons (Fsp3) is 0.500. The predicted molar refractivity (Wildman–Crippen MR) is 79.4 cm³/mol. The topological polar surface area (TPSA) is 39.8 Å². The van der Waals surface area contributed by atoms with Gasteiger partial charge >= 0.3 is 0 Å². The molecule has 2 heterocycles. The van der Waals surface area contributed by atoms with E-state index in [1.165, 1.54) is 12.8 Å². The third-order valence-corrected chi connectivity index (χ3v) is 3.73. The van der Waals surface area contributed by atoms with Crippen LogP contribution in [0.2, 0.25) is 0 Å². The smallest absolute Gasteiger partial charge is 0.258 e.